The van der Waals surface area contributed by atoms with Gasteiger partial charge in [-0.25, -0.2) is 0 Å². The van der Waals surface area contributed by atoms with Crippen molar-refractivity contribution in [3.8, 4) is 0 Å². The number of nitrogens with two attached hydrogens (primary N) is 1. The maximum absolute atomic E-state index is 5.28. The summed E-state index contributed by atoms with van der Waals surface area (Å²) in [5, 5.41) is 7.31. The van der Waals surface area contributed by atoms with Gasteiger partial charge in [0.2, 0.25) is 5.89 Å². The third-order valence-electron chi connectivity index (χ3n) is 2.66. The molecule has 1 aromatic heterocycles. The van der Waals surface area contributed by atoms with E-state index in [1.165, 1.54) is 0 Å². The van der Waals surface area contributed by atoms with E-state index in [1.54, 1.807) is 0 Å². The summed E-state index contributed by atoms with van der Waals surface area (Å²) in [6, 6.07) is 0. The van der Waals surface area contributed by atoms with Crippen molar-refractivity contribution in [3.05, 3.63) is 11.7 Å². The largest absolute Gasteiger partial charge is 0.339 e. The Hall–Kier alpha value is -0.940. The van der Waals surface area contributed by atoms with E-state index in [9.17, 15) is 0 Å². The number of rotatable bonds is 2. The number of piperidine rings is 1. The quantitative estimate of drug-likeness (QED) is 0.821. The van der Waals surface area contributed by atoms with Crippen LogP contribution < -0.4 is 11.1 Å². The summed E-state index contributed by atoms with van der Waals surface area (Å²) in [4.78, 5) is 4.43. The highest BCUT2D eigenvalue weighted by atomic mass is 16.5. The van der Waals surface area contributed by atoms with E-state index in [0.29, 0.717) is 11.8 Å². The third-order valence-corrected chi connectivity index (χ3v) is 2.66. The SMILES string of the molecule is CC(C)c1noc(C2CCNCC2)n1.CCN. The number of hydrogen-bond donors (Lipinski definition) is 2. The van der Waals surface area contributed by atoms with E-state index in [0.717, 1.165) is 44.2 Å². The van der Waals surface area contributed by atoms with Crippen LogP contribution in [0.1, 0.15) is 57.2 Å². The van der Waals surface area contributed by atoms with Gasteiger partial charge in [0, 0.05) is 11.8 Å². The number of hydrogen-bond acceptors (Lipinski definition) is 5. The third kappa shape index (κ3) is 4.44. The maximum atomic E-state index is 5.28. The van der Waals surface area contributed by atoms with Gasteiger partial charge in [-0.05, 0) is 32.5 Å². The Morgan fingerprint density at radius 1 is 1.41 bits per heavy atom. The summed E-state index contributed by atoms with van der Waals surface area (Å²) in [7, 11) is 0. The fourth-order valence-electron chi connectivity index (χ4n) is 1.72. The van der Waals surface area contributed by atoms with Gasteiger partial charge >= 0.3 is 0 Å². The smallest absolute Gasteiger partial charge is 0.229 e. The molecule has 1 fully saturated rings. The van der Waals surface area contributed by atoms with Gasteiger partial charge in [-0.1, -0.05) is 25.9 Å². The first-order chi connectivity index (χ1) is 8.19. The first-order valence-corrected chi connectivity index (χ1v) is 6.43. The van der Waals surface area contributed by atoms with Crippen LogP contribution in [-0.4, -0.2) is 29.8 Å². The summed E-state index contributed by atoms with van der Waals surface area (Å²) < 4.78 is 5.28. The molecule has 0 radical (unpaired) electrons. The van der Waals surface area contributed by atoms with Gasteiger partial charge in [-0.15, -0.1) is 0 Å². The van der Waals surface area contributed by atoms with Gasteiger partial charge in [0.25, 0.3) is 0 Å². The second kappa shape index (κ2) is 7.40. The van der Waals surface area contributed by atoms with Crippen LogP contribution in [0.25, 0.3) is 0 Å². The lowest BCUT2D eigenvalue weighted by Crippen LogP contribution is -2.26. The zero-order chi connectivity index (χ0) is 12.7. The first kappa shape index (κ1) is 14.1. The molecule has 1 aliphatic rings. The molecule has 0 aliphatic carbocycles. The van der Waals surface area contributed by atoms with Gasteiger partial charge < -0.3 is 15.6 Å². The molecular weight excluding hydrogens is 216 g/mol. The Morgan fingerprint density at radius 2 is 2.00 bits per heavy atom. The highest BCUT2D eigenvalue weighted by Crippen LogP contribution is 2.24. The Kier molecular flexibility index (Phi) is 6.15. The van der Waals surface area contributed by atoms with E-state index < -0.39 is 0 Å². The minimum Gasteiger partial charge on any atom is -0.339 e. The van der Waals surface area contributed by atoms with Crippen LogP contribution in [0.4, 0.5) is 0 Å². The molecule has 1 saturated heterocycles. The summed E-state index contributed by atoms with van der Waals surface area (Å²) in [5.74, 6) is 2.49. The minimum absolute atomic E-state index is 0.356. The lowest BCUT2D eigenvalue weighted by Gasteiger charge is -2.18. The van der Waals surface area contributed by atoms with Crippen molar-refractivity contribution >= 4 is 0 Å². The molecule has 0 saturated carbocycles. The summed E-state index contributed by atoms with van der Waals surface area (Å²) in [5.41, 5.74) is 4.85. The second-order valence-corrected chi connectivity index (χ2v) is 4.58. The van der Waals surface area contributed by atoms with Crippen molar-refractivity contribution in [2.24, 2.45) is 5.73 Å². The Balaban J connectivity index is 0.000000437. The van der Waals surface area contributed by atoms with Crippen LogP contribution in [0, 0.1) is 0 Å². The predicted molar refractivity (Wildman–Crippen MR) is 68.0 cm³/mol. The number of aromatic nitrogens is 2. The zero-order valence-electron chi connectivity index (χ0n) is 11.1. The van der Waals surface area contributed by atoms with E-state index >= 15 is 0 Å². The van der Waals surface area contributed by atoms with Gasteiger partial charge in [0.15, 0.2) is 5.82 Å². The molecule has 0 atom stereocenters. The molecule has 3 N–H and O–H groups in total. The minimum atomic E-state index is 0.356. The number of nitrogens with one attached hydrogen (secondary N) is 1. The molecule has 2 rings (SSSR count). The molecule has 1 aromatic rings. The average Bonchev–Trinajstić information content (AvgIpc) is 2.80. The lowest BCUT2D eigenvalue weighted by molar-refractivity contribution is 0.317. The average molecular weight is 240 g/mol. The van der Waals surface area contributed by atoms with Crippen molar-refractivity contribution in [3.63, 3.8) is 0 Å². The van der Waals surface area contributed by atoms with Gasteiger partial charge in [0.05, 0.1) is 0 Å². The molecular formula is C12H24N4O. The first-order valence-electron chi connectivity index (χ1n) is 6.43. The molecule has 17 heavy (non-hydrogen) atoms. The molecule has 0 bridgehead atoms. The van der Waals surface area contributed by atoms with Crippen LogP contribution in [0.2, 0.25) is 0 Å². The van der Waals surface area contributed by atoms with Crippen molar-refractivity contribution in [2.75, 3.05) is 19.6 Å². The standard InChI is InChI=1S/C10H17N3O.C2H7N/c1-7(2)9-12-10(14-13-9)8-3-5-11-6-4-8;1-2-3/h7-8,11H,3-6H2,1-2H3;2-3H2,1H3. The zero-order valence-corrected chi connectivity index (χ0v) is 11.1. The molecule has 5 nitrogen and oxygen atoms in total. The summed E-state index contributed by atoms with van der Waals surface area (Å²) >= 11 is 0. The second-order valence-electron chi connectivity index (χ2n) is 4.58. The van der Waals surface area contributed by atoms with Crippen LogP contribution in [0.3, 0.4) is 0 Å². The predicted octanol–water partition coefficient (Wildman–Crippen LogP) is 1.62. The molecule has 0 unspecified atom stereocenters. The molecule has 1 aliphatic heterocycles. The normalized spacial score (nSPS) is 16.8. The van der Waals surface area contributed by atoms with Crippen molar-refractivity contribution in [1.29, 1.82) is 0 Å². The van der Waals surface area contributed by atoms with Gasteiger partial charge in [-0.2, -0.15) is 4.98 Å². The molecule has 0 amide bonds. The Labute approximate surface area is 103 Å². The topological polar surface area (TPSA) is 77.0 Å². The number of nitrogens with zero attached hydrogens (tertiary/aromatic N) is 2. The lowest BCUT2D eigenvalue weighted by atomic mass is 9.98. The van der Waals surface area contributed by atoms with E-state index in [2.05, 4.69) is 29.3 Å². The Morgan fingerprint density at radius 3 is 2.47 bits per heavy atom. The van der Waals surface area contributed by atoms with Crippen LogP contribution >= 0.6 is 0 Å². The molecule has 5 heteroatoms. The Bertz CT molecular complexity index is 305. The van der Waals surface area contributed by atoms with Gasteiger partial charge in [0.1, 0.15) is 0 Å². The van der Waals surface area contributed by atoms with E-state index in [4.69, 9.17) is 10.3 Å². The molecule has 2 heterocycles. The fourth-order valence-corrected chi connectivity index (χ4v) is 1.72. The highest BCUT2D eigenvalue weighted by molar-refractivity contribution is 4.98. The van der Waals surface area contributed by atoms with Crippen molar-refractivity contribution in [2.45, 2.75) is 45.4 Å². The summed E-state index contributed by atoms with van der Waals surface area (Å²) in [6.45, 7) is 8.93. The molecule has 0 aromatic carbocycles. The highest BCUT2D eigenvalue weighted by Gasteiger charge is 2.21. The van der Waals surface area contributed by atoms with E-state index in [1.807, 2.05) is 6.92 Å². The molecule has 0 spiro atoms. The fraction of sp³-hybridized carbons (Fsp3) is 0.833. The van der Waals surface area contributed by atoms with Crippen LogP contribution in [0.15, 0.2) is 4.52 Å². The van der Waals surface area contributed by atoms with E-state index in [-0.39, 0.29) is 0 Å². The van der Waals surface area contributed by atoms with Crippen LogP contribution in [0.5, 0.6) is 0 Å². The van der Waals surface area contributed by atoms with Gasteiger partial charge in [-0.3, -0.25) is 0 Å². The molecule has 98 valence electrons. The summed E-state index contributed by atoms with van der Waals surface area (Å²) in [6.07, 6.45) is 2.22. The van der Waals surface area contributed by atoms with Crippen LogP contribution in [-0.2, 0) is 0 Å². The monoisotopic (exact) mass is 240 g/mol. The maximum Gasteiger partial charge on any atom is 0.229 e. The van der Waals surface area contributed by atoms with Crippen molar-refractivity contribution < 1.29 is 4.52 Å². The van der Waals surface area contributed by atoms with Crippen molar-refractivity contribution in [1.82, 2.24) is 15.5 Å².